The van der Waals surface area contributed by atoms with Crippen molar-refractivity contribution in [1.29, 1.82) is 0 Å². The highest BCUT2D eigenvalue weighted by Crippen LogP contribution is 2.29. The van der Waals surface area contributed by atoms with Crippen molar-refractivity contribution in [1.82, 2.24) is 14.7 Å². The minimum absolute atomic E-state index is 0.00933. The third-order valence-electron chi connectivity index (χ3n) is 8.98. The molecule has 234 valence electrons. The minimum atomic E-state index is -0.00933. The van der Waals surface area contributed by atoms with Gasteiger partial charge < -0.3 is 24.2 Å². The third-order valence-corrected chi connectivity index (χ3v) is 8.98. The molecule has 0 N–H and O–H groups in total. The maximum absolute atomic E-state index is 14.2. The van der Waals surface area contributed by atoms with E-state index >= 15 is 0 Å². The van der Waals surface area contributed by atoms with Crippen LogP contribution in [0.1, 0.15) is 79.8 Å². The molecule has 0 unspecified atom stereocenters. The summed E-state index contributed by atoms with van der Waals surface area (Å²) in [7, 11) is 0. The molecule has 2 aromatic carbocycles. The molecule has 2 aromatic rings. The molecule has 0 aromatic heterocycles. The van der Waals surface area contributed by atoms with Crippen LogP contribution in [0, 0.1) is 0 Å². The number of ether oxygens (including phenoxy) is 2. The van der Waals surface area contributed by atoms with Gasteiger partial charge in [0.25, 0.3) is 5.91 Å². The Morgan fingerprint density at radius 3 is 2.33 bits per heavy atom. The predicted octanol–water partition coefficient (Wildman–Crippen LogP) is 5.34. The Kier molecular flexibility index (Phi) is 11.9. The first kappa shape index (κ1) is 31.5. The van der Waals surface area contributed by atoms with E-state index in [2.05, 4.69) is 28.0 Å². The SMILES string of the molecule is CC(=O)N1CCCCCCCN(C(=O)c2ccccc2OCCCN2CCCC2)Cc2ccc(CN3CCOCC3)cc21. The molecule has 0 aliphatic carbocycles. The monoisotopic (exact) mass is 590 g/mol. The van der Waals surface area contributed by atoms with E-state index in [1.54, 1.807) is 6.92 Å². The van der Waals surface area contributed by atoms with E-state index in [1.165, 1.54) is 31.5 Å². The Balaban J connectivity index is 1.36. The lowest BCUT2D eigenvalue weighted by Gasteiger charge is -2.31. The number of hydrogen-bond acceptors (Lipinski definition) is 6. The van der Waals surface area contributed by atoms with Crippen molar-refractivity contribution in [3.8, 4) is 5.75 Å². The first-order valence-electron chi connectivity index (χ1n) is 16.5. The zero-order valence-corrected chi connectivity index (χ0v) is 26.1. The molecule has 2 amide bonds. The maximum atomic E-state index is 14.2. The van der Waals surface area contributed by atoms with Crippen LogP contribution in [0.3, 0.4) is 0 Å². The van der Waals surface area contributed by atoms with Gasteiger partial charge in [-0.2, -0.15) is 0 Å². The summed E-state index contributed by atoms with van der Waals surface area (Å²) in [6.07, 6.45) is 8.73. The molecule has 0 spiro atoms. The summed E-state index contributed by atoms with van der Waals surface area (Å²) in [5.41, 5.74) is 3.75. The Bertz CT molecular complexity index is 1190. The van der Waals surface area contributed by atoms with Crippen molar-refractivity contribution >= 4 is 17.5 Å². The lowest BCUT2D eigenvalue weighted by Crippen LogP contribution is -2.36. The van der Waals surface area contributed by atoms with E-state index in [9.17, 15) is 9.59 Å². The molecular formula is C35H50N4O4. The summed E-state index contributed by atoms with van der Waals surface area (Å²) >= 11 is 0. The zero-order valence-electron chi connectivity index (χ0n) is 26.1. The second kappa shape index (κ2) is 16.2. The minimum Gasteiger partial charge on any atom is -0.493 e. The fourth-order valence-corrected chi connectivity index (χ4v) is 6.53. The molecule has 8 nitrogen and oxygen atoms in total. The lowest BCUT2D eigenvalue weighted by molar-refractivity contribution is -0.116. The number of nitrogens with zero attached hydrogens (tertiary/aromatic N) is 4. The average Bonchev–Trinajstić information content (AvgIpc) is 3.54. The highest BCUT2D eigenvalue weighted by molar-refractivity contribution is 5.97. The van der Waals surface area contributed by atoms with E-state index in [0.717, 1.165) is 89.2 Å². The number of fused-ring (bicyclic) bond motifs is 1. The van der Waals surface area contributed by atoms with Gasteiger partial charge in [0.1, 0.15) is 5.75 Å². The van der Waals surface area contributed by atoms with Gasteiger partial charge in [-0.05, 0) is 74.5 Å². The van der Waals surface area contributed by atoms with Crippen molar-refractivity contribution in [2.24, 2.45) is 0 Å². The smallest absolute Gasteiger partial charge is 0.257 e. The van der Waals surface area contributed by atoms with Crippen LogP contribution < -0.4 is 9.64 Å². The van der Waals surface area contributed by atoms with Crippen LogP contribution in [-0.4, -0.2) is 92.1 Å². The highest BCUT2D eigenvalue weighted by atomic mass is 16.5. The fraction of sp³-hybridized carbons (Fsp3) is 0.600. The molecule has 3 heterocycles. The first-order chi connectivity index (χ1) is 21.1. The number of benzene rings is 2. The van der Waals surface area contributed by atoms with Crippen LogP contribution in [0.25, 0.3) is 0 Å². The first-order valence-corrected chi connectivity index (χ1v) is 16.5. The molecule has 0 saturated carbocycles. The average molecular weight is 591 g/mol. The summed E-state index contributed by atoms with van der Waals surface area (Å²) in [6, 6.07) is 14.2. The standard InChI is InChI=1S/C35H50N4O4/c1-29(40)39-20-8-4-2-3-7-19-38(28-31-15-14-30(26-33(31)39)27-37-21-24-42-25-22-37)35(41)32-12-5-6-13-34(32)43-23-11-18-36-16-9-10-17-36/h5-6,12-15,26H,2-4,7-11,16-25,27-28H2,1H3. The summed E-state index contributed by atoms with van der Waals surface area (Å²) < 4.78 is 11.8. The second-order valence-electron chi connectivity index (χ2n) is 12.3. The van der Waals surface area contributed by atoms with Crippen molar-refractivity contribution in [3.63, 3.8) is 0 Å². The predicted molar refractivity (Wildman–Crippen MR) is 171 cm³/mol. The van der Waals surface area contributed by atoms with Crippen molar-refractivity contribution in [2.45, 2.75) is 71.4 Å². The maximum Gasteiger partial charge on any atom is 0.257 e. The van der Waals surface area contributed by atoms with Gasteiger partial charge in [0.15, 0.2) is 0 Å². The van der Waals surface area contributed by atoms with Crippen molar-refractivity contribution < 1.29 is 19.1 Å². The van der Waals surface area contributed by atoms with E-state index in [-0.39, 0.29) is 11.8 Å². The molecule has 0 atom stereocenters. The molecule has 0 bridgehead atoms. The van der Waals surface area contributed by atoms with Crippen LogP contribution in [0.15, 0.2) is 42.5 Å². The van der Waals surface area contributed by atoms with Gasteiger partial charge in [-0.3, -0.25) is 14.5 Å². The Hall–Kier alpha value is -2.94. The second-order valence-corrected chi connectivity index (χ2v) is 12.3. The number of morpholine rings is 1. The normalized spacial score (nSPS) is 19.4. The van der Waals surface area contributed by atoms with E-state index in [0.29, 0.717) is 37.6 Å². The van der Waals surface area contributed by atoms with Crippen LogP contribution in [0.5, 0.6) is 5.75 Å². The van der Waals surface area contributed by atoms with Crippen LogP contribution in [-0.2, 0) is 22.6 Å². The van der Waals surface area contributed by atoms with E-state index < -0.39 is 0 Å². The topological polar surface area (TPSA) is 65.6 Å². The Morgan fingerprint density at radius 2 is 1.53 bits per heavy atom. The summed E-state index contributed by atoms with van der Waals surface area (Å²) in [5, 5.41) is 0. The number of likely N-dealkylation sites (tertiary alicyclic amines) is 1. The number of carbonyl (C=O) groups excluding carboxylic acids is 2. The summed E-state index contributed by atoms with van der Waals surface area (Å²) in [4.78, 5) is 35.9. The van der Waals surface area contributed by atoms with Gasteiger partial charge >= 0.3 is 0 Å². The number of amides is 2. The number of para-hydroxylation sites is 1. The van der Waals surface area contributed by atoms with Gasteiger partial charge in [-0.25, -0.2) is 0 Å². The molecule has 3 aliphatic rings. The molecule has 2 fully saturated rings. The lowest BCUT2D eigenvalue weighted by atomic mass is 10.0. The highest BCUT2D eigenvalue weighted by Gasteiger charge is 2.24. The molecule has 8 heteroatoms. The zero-order chi connectivity index (χ0) is 29.9. The van der Waals surface area contributed by atoms with Crippen molar-refractivity contribution in [2.75, 3.05) is 70.5 Å². The molecular weight excluding hydrogens is 540 g/mol. The van der Waals surface area contributed by atoms with E-state index in [4.69, 9.17) is 9.47 Å². The fourth-order valence-electron chi connectivity index (χ4n) is 6.53. The summed E-state index contributed by atoms with van der Waals surface area (Å²) in [5.74, 6) is 0.698. The van der Waals surface area contributed by atoms with Gasteiger partial charge in [-0.15, -0.1) is 0 Å². The summed E-state index contributed by atoms with van der Waals surface area (Å²) in [6.45, 7) is 11.7. The molecule has 5 rings (SSSR count). The van der Waals surface area contributed by atoms with Crippen LogP contribution in [0.2, 0.25) is 0 Å². The molecule has 0 radical (unpaired) electrons. The van der Waals surface area contributed by atoms with Gasteiger partial charge in [0.2, 0.25) is 5.91 Å². The Morgan fingerprint density at radius 1 is 0.814 bits per heavy atom. The molecule has 2 saturated heterocycles. The van der Waals surface area contributed by atoms with E-state index in [1.807, 2.05) is 34.1 Å². The van der Waals surface area contributed by atoms with Crippen LogP contribution in [0.4, 0.5) is 5.69 Å². The van der Waals surface area contributed by atoms with Gasteiger partial charge in [-0.1, -0.05) is 43.5 Å². The largest absolute Gasteiger partial charge is 0.493 e. The Labute approximate surface area is 257 Å². The molecule has 3 aliphatic heterocycles. The quantitative estimate of drug-likeness (QED) is 0.387. The van der Waals surface area contributed by atoms with Crippen molar-refractivity contribution in [3.05, 3.63) is 59.2 Å². The number of hydrogen-bond donors (Lipinski definition) is 0. The van der Waals surface area contributed by atoms with Gasteiger partial charge in [0, 0.05) is 58.4 Å². The number of anilines is 1. The number of rotatable bonds is 8. The number of carbonyl (C=O) groups is 2. The third kappa shape index (κ3) is 9.03. The molecule has 43 heavy (non-hydrogen) atoms. The van der Waals surface area contributed by atoms with Crippen LogP contribution >= 0.6 is 0 Å². The van der Waals surface area contributed by atoms with Gasteiger partial charge in [0.05, 0.1) is 25.4 Å².